The fourth-order valence-corrected chi connectivity index (χ4v) is 3.10. The van der Waals surface area contributed by atoms with Crippen LogP contribution in [0.2, 0.25) is 0 Å². The van der Waals surface area contributed by atoms with Gasteiger partial charge in [0.15, 0.2) is 11.5 Å². The highest BCUT2D eigenvalue weighted by Crippen LogP contribution is 2.42. The quantitative estimate of drug-likeness (QED) is 0.664. The molecule has 1 aliphatic heterocycles. The molecule has 1 aliphatic rings. The van der Waals surface area contributed by atoms with Crippen LogP contribution in [-0.4, -0.2) is 22.9 Å². The Kier molecular flexibility index (Phi) is 4.59. The fourth-order valence-electron chi connectivity index (χ4n) is 3.10. The van der Waals surface area contributed by atoms with E-state index in [4.69, 9.17) is 14.5 Å². The Labute approximate surface area is 158 Å². The summed E-state index contributed by atoms with van der Waals surface area (Å²) in [6, 6.07) is 17.3. The van der Waals surface area contributed by atoms with Crippen LogP contribution in [-0.2, 0) is 0 Å². The third kappa shape index (κ3) is 3.40. The van der Waals surface area contributed by atoms with Crippen molar-refractivity contribution in [2.75, 3.05) is 12.1 Å². The van der Waals surface area contributed by atoms with Crippen LogP contribution in [0.25, 0.3) is 22.4 Å². The molecule has 5 heteroatoms. The maximum atomic E-state index is 10.3. The van der Waals surface area contributed by atoms with Gasteiger partial charge in [-0.05, 0) is 49.2 Å². The summed E-state index contributed by atoms with van der Waals surface area (Å²) in [5.74, 6) is 2.44. The number of pyridine rings is 1. The number of benzene rings is 2. The van der Waals surface area contributed by atoms with Crippen molar-refractivity contribution in [2.45, 2.75) is 26.3 Å². The van der Waals surface area contributed by atoms with E-state index in [2.05, 4.69) is 19.2 Å². The van der Waals surface area contributed by atoms with Crippen molar-refractivity contribution in [1.29, 1.82) is 0 Å². The Bertz CT molecular complexity index is 972. The minimum Gasteiger partial charge on any atom is -0.507 e. The molecule has 0 saturated heterocycles. The van der Waals surface area contributed by atoms with Crippen LogP contribution in [0, 0.1) is 0 Å². The van der Waals surface area contributed by atoms with E-state index in [9.17, 15) is 5.11 Å². The van der Waals surface area contributed by atoms with Gasteiger partial charge in [0, 0.05) is 17.2 Å². The Hall–Kier alpha value is -3.21. The first kappa shape index (κ1) is 17.2. The van der Waals surface area contributed by atoms with Crippen molar-refractivity contribution in [2.24, 2.45) is 0 Å². The molecule has 2 heterocycles. The molecule has 4 rings (SSSR count). The fraction of sp³-hybridized carbons (Fsp3) is 0.227. The average molecular weight is 362 g/mol. The minimum absolute atomic E-state index is 0.203. The third-order valence-corrected chi connectivity index (χ3v) is 4.72. The van der Waals surface area contributed by atoms with E-state index in [1.54, 1.807) is 12.1 Å². The zero-order chi connectivity index (χ0) is 18.8. The van der Waals surface area contributed by atoms with Gasteiger partial charge in [-0.25, -0.2) is 4.98 Å². The van der Waals surface area contributed by atoms with E-state index >= 15 is 0 Å². The van der Waals surface area contributed by atoms with Gasteiger partial charge in [0.2, 0.25) is 6.79 Å². The number of anilines is 1. The minimum atomic E-state index is 0.203. The van der Waals surface area contributed by atoms with E-state index in [0.717, 1.165) is 34.9 Å². The SMILES string of the molecule is CCC(C)Nc1cc(-c2cccc3c2OCO3)cc(-c2ccccc2O)n1. The van der Waals surface area contributed by atoms with Crippen molar-refractivity contribution in [3.63, 3.8) is 0 Å². The standard InChI is InChI=1S/C22H22N2O3/c1-3-14(2)23-21-12-15(16-8-6-10-20-22(16)27-13-26-20)11-18(24-21)17-7-4-5-9-19(17)25/h4-12,14,25H,3,13H2,1-2H3,(H,23,24). The first-order chi connectivity index (χ1) is 13.2. The lowest BCUT2D eigenvalue weighted by Gasteiger charge is -2.16. The van der Waals surface area contributed by atoms with Crippen molar-refractivity contribution in [1.82, 2.24) is 4.98 Å². The molecule has 0 saturated carbocycles. The molecule has 27 heavy (non-hydrogen) atoms. The number of aromatic nitrogens is 1. The molecular formula is C22H22N2O3. The molecule has 0 aliphatic carbocycles. The molecule has 3 aromatic rings. The number of nitrogens with zero attached hydrogens (tertiary/aromatic N) is 1. The van der Waals surface area contributed by atoms with Gasteiger partial charge in [0.05, 0.1) is 5.69 Å². The number of para-hydroxylation sites is 2. The summed E-state index contributed by atoms with van der Waals surface area (Å²) in [5.41, 5.74) is 3.29. The number of rotatable bonds is 5. The monoisotopic (exact) mass is 362 g/mol. The molecule has 1 unspecified atom stereocenters. The summed E-state index contributed by atoms with van der Waals surface area (Å²) in [6.45, 7) is 4.47. The van der Waals surface area contributed by atoms with Crippen LogP contribution < -0.4 is 14.8 Å². The van der Waals surface area contributed by atoms with Gasteiger partial charge in [-0.3, -0.25) is 0 Å². The molecule has 0 spiro atoms. The Morgan fingerprint density at radius 2 is 1.89 bits per heavy atom. The molecule has 0 radical (unpaired) electrons. The van der Waals surface area contributed by atoms with Gasteiger partial charge in [0.25, 0.3) is 0 Å². The van der Waals surface area contributed by atoms with Gasteiger partial charge < -0.3 is 19.9 Å². The van der Waals surface area contributed by atoms with Crippen molar-refractivity contribution < 1.29 is 14.6 Å². The van der Waals surface area contributed by atoms with Gasteiger partial charge >= 0.3 is 0 Å². The van der Waals surface area contributed by atoms with Crippen LogP contribution in [0.4, 0.5) is 5.82 Å². The molecule has 1 aromatic heterocycles. The van der Waals surface area contributed by atoms with E-state index < -0.39 is 0 Å². The lowest BCUT2D eigenvalue weighted by Crippen LogP contribution is -2.14. The van der Waals surface area contributed by atoms with E-state index in [1.165, 1.54) is 0 Å². The number of nitrogens with one attached hydrogen (secondary N) is 1. The average Bonchev–Trinajstić information content (AvgIpc) is 3.17. The van der Waals surface area contributed by atoms with Crippen LogP contribution in [0.5, 0.6) is 17.2 Å². The van der Waals surface area contributed by atoms with E-state index in [-0.39, 0.29) is 18.6 Å². The number of phenols is 1. The van der Waals surface area contributed by atoms with Crippen LogP contribution in [0.3, 0.4) is 0 Å². The molecule has 5 nitrogen and oxygen atoms in total. The second-order valence-corrected chi connectivity index (χ2v) is 6.64. The second-order valence-electron chi connectivity index (χ2n) is 6.64. The lowest BCUT2D eigenvalue weighted by molar-refractivity contribution is 0.174. The number of aromatic hydroxyl groups is 1. The maximum Gasteiger partial charge on any atom is 0.231 e. The number of phenolic OH excluding ortho intramolecular Hbond substituents is 1. The van der Waals surface area contributed by atoms with E-state index in [1.807, 2.05) is 42.5 Å². The largest absolute Gasteiger partial charge is 0.507 e. The van der Waals surface area contributed by atoms with Gasteiger partial charge in [-0.2, -0.15) is 0 Å². The molecule has 0 amide bonds. The van der Waals surface area contributed by atoms with Crippen LogP contribution in [0.15, 0.2) is 54.6 Å². The Morgan fingerprint density at radius 3 is 2.70 bits per heavy atom. The summed E-state index contributed by atoms with van der Waals surface area (Å²) >= 11 is 0. The summed E-state index contributed by atoms with van der Waals surface area (Å²) in [5, 5.41) is 13.7. The first-order valence-electron chi connectivity index (χ1n) is 9.11. The summed E-state index contributed by atoms with van der Waals surface area (Å²) < 4.78 is 11.2. The normalized spacial score (nSPS) is 13.4. The Morgan fingerprint density at radius 1 is 1.07 bits per heavy atom. The molecule has 138 valence electrons. The molecular weight excluding hydrogens is 340 g/mol. The van der Waals surface area contributed by atoms with Gasteiger partial charge in [-0.1, -0.05) is 31.2 Å². The van der Waals surface area contributed by atoms with Gasteiger partial charge in [0.1, 0.15) is 11.6 Å². The third-order valence-electron chi connectivity index (χ3n) is 4.72. The van der Waals surface area contributed by atoms with Crippen LogP contribution >= 0.6 is 0 Å². The molecule has 0 bridgehead atoms. The van der Waals surface area contributed by atoms with Crippen molar-refractivity contribution in [3.8, 4) is 39.6 Å². The maximum absolute atomic E-state index is 10.3. The second kappa shape index (κ2) is 7.19. The predicted octanol–water partition coefficient (Wildman–Crippen LogP) is 5.06. The zero-order valence-electron chi connectivity index (χ0n) is 15.4. The Balaban J connectivity index is 1.86. The zero-order valence-corrected chi connectivity index (χ0v) is 15.4. The van der Waals surface area contributed by atoms with Gasteiger partial charge in [-0.15, -0.1) is 0 Å². The highest BCUT2D eigenvalue weighted by atomic mass is 16.7. The van der Waals surface area contributed by atoms with Crippen LogP contribution in [0.1, 0.15) is 20.3 Å². The predicted molar refractivity (Wildman–Crippen MR) is 106 cm³/mol. The number of hydrogen-bond acceptors (Lipinski definition) is 5. The number of hydrogen-bond donors (Lipinski definition) is 2. The summed E-state index contributed by atoms with van der Waals surface area (Å²) in [7, 11) is 0. The molecule has 2 aromatic carbocycles. The summed E-state index contributed by atoms with van der Waals surface area (Å²) in [6.07, 6.45) is 0.982. The first-order valence-corrected chi connectivity index (χ1v) is 9.11. The number of fused-ring (bicyclic) bond motifs is 1. The van der Waals surface area contributed by atoms with E-state index in [0.29, 0.717) is 11.3 Å². The molecule has 1 atom stereocenters. The lowest BCUT2D eigenvalue weighted by atomic mass is 10.0. The smallest absolute Gasteiger partial charge is 0.231 e. The highest BCUT2D eigenvalue weighted by Gasteiger charge is 2.20. The molecule has 0 fully saturated rings. The van der Waals surface area contributed by atoms with Crippen molar-refractivity contribution in [3.05, 3.63) is 54.6 Å². The molecule has 2 N–H and O–H groups in total. The summed E-state index contributed by atoms with van der Waals surface area (Å²) in [4.78, 5) is 4.73. The topological polar surface area (TPSA) is 63.6 Å². The number of ether oxygens (including phenoxy) is 2. The van der Waals surface area contributed by atoms with Crippen molar-refractivity contribution >= 4 is 5.82 Å². The highest BCUT2D eigenvalue weighted by molar-refractivity contribution is 5.80.